The van der Waals surface area contributed by atoms with E-state index in [1.165, 1.54) is 0 Å². The van der Waals surface area contributed by atoms with Gasteiger partial charge in [0.2, 0.25) is 0 Å². The Morgan fingerprint density at radius 3 is 2.28 bits per heavy atom. The van der Waals surface area contributed by atoms with Crippen LogP contribution in [-0.2, 0) is 6.54 Å². The maximum absolute atomic E-state index is 12.8. The van der Waals surface area contributed by atoms with E-state index in [1.807, 2.05) is 74.0 Å². The van der Waals surface area contributed by atoms with Gasteiger partial charge in [0.25, 0.3) is 5.91 Å². The van der Waals surface area contributed by atoms with Gasteiger partial charge < -0.3 is 5.32 Å². The Kier molecular flexibility index (Phi) is 4.98. The van der Waals surface area contributed by atoms with Gasteiger partial charge in [0.05, 0.1) is 23.8 Å². The van der Waals surface area contributed by atoms with Gasteiger partial charge in [-0.2, -0.15) is 5.10 Å². The first kappa shape index (κ1) is 17.0. The highest BCUT2D eigenvalue weighted by atomic mass is 16.1. The highest BCUT2D eigenvalue weighted by Crippen LogP contribution is 2.17. The van der Waals surface area contributed by atoms with Gasteiger partial charge in [0.1, 0.15) is 0 Å². The quantitative estimate of drug-likeness (QED) is 0.766. The lowest BCUT2D eigenvalue weighted by atomic mass is 10.1. The van der Waals surface area contributed by atoms with Crippen LogP contribution in [0.5, 0.6) is 0 Å². The number of rotatable bonds is 5. The first-order valence-electron chi connectivity index (χ1n) is 8.50. The summed E-state index contributed by atoms with van der Waals surface area (Å²) in [6.45, 7) is 6.49. The maximum Gasteiger partial charge on any atom is 0.255 e. The van der Waals surface area contributed by atoms with Crippen molar-refractivity contribution in [2.75, 3.05) is 0 Å². The number of amides is 1. The van der Waals surface area contributed by atoms with E-state index in [4.69, 9.17) is 0 Å². The van der Waals surface area contributed by atoms with Crippen LogP contribution in [0.1, 0.15) is 45.8 Å². The monoisotopic (exact) mass is 333 g/mol. The third kappa shape index (κ3) is 3.79. The van der Waals surface area contributed by atoms with E-state index in [0.29, 0.717) is 12.1 Å². The number of carbonyl (C=O) groups is 1. The molecular weight excluding hydrogens is 310 g/mol. The Labute approximate surface area is 148 Å². The molecule has 3 aromatic rings. The van der Waals surface area contributed by atoms with Gasteiger partial charge in [0, 0.05) is 5.69 Å². The molecule has 1 heterocycles. The molecule has 0 saturated heterocycles. The van der Waals surface area contributed by atoms with Crippen LogP contribution >= 0.6 is 0 Å². The first-order chi connectivity index (χ1) is 12.1. The van der Waals surface area contributed by atoms with Crippen molar-refractivity contribution in [2.24, 2.45) is 0 Å². The van der Waals surface area contributed by atoms with Crippen molar-refractivity contribution >= 4 is 5.91 Å². The molecular formula is C21H23N3O. The molecule has 0 spiro atoms. The van der Waals surface area contributed by atoms with Crippen LogP contribution in [0.15, 0.2) is 60.7 Å². The molecule has 0 saturated carbocycles. The Hall–Kier alpha value is -2.88. The van der Waals surface area contributed by atoms with Crippen molar-refractivity contribution in [1.82, 2.24) is 15.1 Å². The van der Waals surface area contributed by atoms with Gasteiger partial charge in [0.15, 0.2) is 0 Å². The summed E-state index contributed by atoms with van der Waals surface area (Å²) in [7, 11) is 0. The third-order valence-electron chi connectivity index (χ3n) is 4.43. The number of nitrogens with one attached hydrogen (secondary N) is 1. The summed E-state index contributed by atoms with van der Waals surface area (Å²) in [5, 5.41) is 7.64. The van der Waals surface area contributed by atoms with Crippen LogP contribution in [0.3, 0.4) is 0 Å². The zero-order valence-electron chi connectivity index (χ0n) is 14.9. The Bertz CT molecular complexity index is 854. The van der Waals surface area contributed by atoms with Crippen molar-refractivity contribution in [1.29, 1.82) is 0 Å². The number of benzene rings is 2. The average molecular weight is 333 g/mol. The lowest BCUT2D eigenvalue weighted by Gasteiger charge is -2.14. The minimum absolute atomic E-state index is 0.0510. The van der Waals surface area contributed by atoms with Gasteiger partial charge in [-0.1, -0.05) is 60.7 Å². The predicted octanol–water partition coefficient (Wildman–Crippen LogP) is 4.04. The lowest BCUT2D eigenvalue weighted by molar-refractivity contribution is 0.0938. The second-order valence-electron chi connectivity index (χ2n) is 6.29. The van der Waals surface area contributed by atoms with Crippen molar-refractivity contribution in [3.8, 4) is 0 Å². The van der Waals surface area contributed by atoms with Crippen LogP contribution in [0.25, 0.3) is 0 Å². The van der Waals surface area contributed by atoms with Crippen molar-refractivity contribution in [3.63, 3.8) is 0 Å². The fourth-order valence-electron chi connectivity index (χ4n) is 3.03. The first-order valence-corrected chi connectivity index (χ1v) is 8.50. The zero-order valence-corrected chi connectivity index (χ0v) is 14.9. The third-order valence-corrected chi connectivity index (χ3v) is 4.43. The standard InChI is InChI=1S/C21H23N3O/c1-15(19-12-8-5-9-13-19)22-21(25)20-16(2)23-24(17(20)3)14-18-10-6-4-7-11-18/h4-13,15H,14H2,1-3H3,(H,22,25)/t15-/m1/s1. The average Bonchev–Trinajstić information content (AvgIpc) is 2.90. The van der Waals surface area contributed by atoms with E-state index in [2.05, 4.69) is 22.5 Å². The Morgan fingerprint density at radius 1 is 1.04 bits per heavy atom. The molecule has 0 radical (unpaired) electrons. The zero-order chi connectivity index (χ0) is 17.8. The van der Waals surface area contributed by atoms with Crippen LogP contribution in [0.4, 0.5) is 0 Å². The summed E-state index contributed by atoms with van der Waals surface area (Å²) < 4.78 is 1.90. The minimum Gasteiger partial charge on any atom is -0.345 e. The Morgan fingerprint density at radius 2 is 1.64 bits per heavy atom. The molecule has 2 aromatic carbocycles. The van der Waals surface area contributed by atoms with E-state index in [0.717, 1.165) is 22.5 Å². The Balaban J connectivity index is 1.79. The largest absolute Gasteiger partial charge is 0.345 e. The number of carbonyl (C=O) groups excluding carboxylic acids is 1. The maximum atomic E-state index is 12.8. The fourth-order valence-corrected chi connectivity index (χ4v) is 3.03. The molecule has 1 atom stereocenters. The van der Waals surface area contributed by atoms with E-state index < -0.39 is 0 Å². The van der Waals surface area contributed by atoms with Crippen LogP contribution < -0.4 is 5.32 Å². The number of nitrogens with zero attached hydrogens (tertiary/aromatic N) is 2. The number of aryl methyl sites for hydroxylation is 1. The number of hydrogen-bond donors (Lipinski definition) is 1. The molecule has 25 heavy (non-hydrogen) atoms. The molecule has 0 aliphatic rings. The normalized spacial score (nSPS) is 12.0. The molecule has 1 amide bonds. The highest BCUT2D eigenvalue weighted by Gasteiger charge is 2.20. The molecule has 0 bridgehead atoms. The summed E-state index contributed by atoms with van der Waals surface area (Å²) in [6, 6.07) is 20.1. The molecule has 0 fully saturated rings. The smallest absolute Gasteiger partial charge is 0.255 e. The summed E-state index contributed by atoms with van der Waals surface area (Å²) in [5.74, 6) is -0.0781. The van der Waals surface area contributed by atoms with E-state index >= 15 is 0 Å². The molecule has 0 unspecified atom stereocenters. The SMILES string of the molecule is Cc1nn(Cc2ccccc2)c(C)c1C(=O)N[C@H](C)c1ccccc1. The fraction of sp³-hybridized carbons (Fsp3) is 0.238. The van der Waals surface area contributed by atoms with E-state index in [1.54, 1.807) is 0 Å². The summed E-state index contributed by atoms with van der Waals surface area (Å²) in [5.41, 5.74) is 4.56. The number of hydrogen-bond acceptors (Lipinski definition) is 2. The van der Waals surface area contributed by atoms with Crippen LogP contribution in [-0.4, -0.2) is 15.7 Å². The van der Waals surface area contributed by atoms with E-state index in [-0.39, 0.29) is 11.9 Å². The summed E-state index contributed by atoms with van der Waals surface area (Å²) in [6.07, 6.45) is 0. The molecule has 3 rings (SSSR count). The van der Waals surface area contributed by atoms with Crippen LogP contribution in [0, 0.1) is 13.8 Å². The molecule has 0 aliphatic heterocycles. The minimum atomic E-state index is -0.0781. The van der Waals surface area contributed by atoms with Crippen molar-refractivity contribution < 1.29 is 4.79 Å². The summed E-state index contributed by atoms with van der Waals surface area (Å²) >= 11 is 0. The van der Waals surface area contributed by atoms with Gasteiger partial charge in [-0.25, -0.2) is 0 Å². The van der Waals surface area contributed by atoms with Gasteiger partial charge >= 0.3 is 0 Å². The molecule has 1 aromatic heterocycles. The van der Waals surface area contributed by atoms with Gasteiger partial charge in [-0.05, 0) is 31.9 Å². The van der Waals surface area contributed by atoms with E-state index in [9.17, 15) is 4.79 Å². The number of aromatic nitrogens is 2. The second-order valence-corrected chi connectivity index (χ2v) is 6.29. The topological polar surface area (TPSA) is 46.9 Å². The molecule has 0 aliphatic carbocycles. The van der Waals surface area contributed by atoms with Gasteiger partial charge in [-0.15, -0.1) is 0 Å². The van der Waals surface area contributed by atoms with Crippen molar-refractivity contribution in [2.45, 2.75) is 33.4 Å². The van der Waals surface area contributed by atoms with Crippen LogP contribution in [0.2, 0.25) is 0 Å². The second kappa shape index (κ2) is 7.34. The molecule has 4 nitrogen and oxygen atoms in total. The lowest BCUT2D eigenvalue weighted by Crippen LogP contribution is -2.27. The summed E-state index contributed by atoms with van der Waals surface area (Å²) in [4.78, 5) is 12.8. The molecule has 128 valence electrons. The highest BCUT2D eigenvalue weighted by molar-refractivity contribution is 5.96. The van der Waals surface area contributed by atoms with Crippen molar-refractivity contribution in [3.05, 3.63) is 88.7 Å². The molecule has 1 N–H and O–H groups in total. The molecule has 4 heteroatoms. The predicted molar refractivity (Wildman–Crippen MR) is 99.6 cm³/mol. The van der Waals surface area contributed by atoms with Gasteiger partial charge in [-0.3, -0.25) is 9.48 Å².